The summed E-state index contributed by atoms with van der Waals surface area (Å²) in [6.07, 6.45) is 6.65. The topological polar surface area (TPSA) is 56.6 Å². The molecule has 0 bridgehead atoms. The molecular weight excluding hydrogens is 390 g/mol. The molecule has 2 aliphatic rings. The minimum absolute atomic E-state index is 0.00397. The molecule has 1 aromatic heterocycles. The van der Waals surface area contributed by atoms with Gasteiger partial charge in [0.1, 0.15) is 5.60 Å². The van der Waals surface area contributed by atoms with E-state index >= 15 is 0 Å². The van der Waals surface area contributed by atoms with E-state index in [1.807, 2.05) is 37.7 Å². The fourth-order valence-corrected chi connectivity index (χ4v) is 4.57. The summed E-state index contributed by atoms with van der Waals surface area (Å²) in [6.45, 7) is 7.83. The zero-order valence-electron chi connectivity index (χ0n) is 17.5. The molecule has 1 unspecified atom stereocenters. The number of benzene rings is 1. The highest BCUT2D eigenvalue weighted by atomic mass is 35.5. The van der Waals surface area contributed by atoms with Crippen LogP contribution in [0, 0.1) is 0 Å². The normalized spacial score (nSPS) is 21.5. The SMILES string of the molecule is CC(C)(C)OC(=O)N1CCC(c2cc3c(cnn3C3CCCCO3)cc2Cl)CC1. The van der Waals surface area contributed by atoms with Gasteiger partial charge < -0.3 is 14.4 Å². The third-order valence-corrected chi connectivity index (χ3v) is 6.06. The summed E-state index contributed by atoms with van der Waals surface area (Å²) in [5.41, 5.74) is 1.74. The van der Waals surface area contributed by atoms with E-state index in [1.165, 1.54) is 0 Å². The fraction of sp³-hybridized carbons (Fsp3) is 0.636. The number of carbonyl (C=O) groups is 1. The van der Waals surface area contributed by atoms with Crippen molar-refractivity contribution in [1.29, 1.82) is 0 Å². The third kappa shape index (κ3) is 4.53. The van der Waals surface area contributed by atoms with E-state index in [0.717, 1.165) is 60.2 Å². The first kappa shape index (κ1) is 20.5. The van der Waals surface area contributed by atoms with Crippen LogP contribution in [-0.2, 0) is 9.47 Å². The maximum Gasteiger partial charge on any atom is 0.410 e. The van der Waals surface area contributed by atoms with E-state index in [1.54, 1.807) is 4.90 Å². The molecule has 0 spiro atoms. The lowest BCUT2D eigenvalue weighted by atomic mass is 9.89. The second-order valence-electron chi connectivity index (χ2n) is 9.08. The molecule has 2 saturated heterocycles. The monoisotopic (exact) mass is 419 g/mol. The van der Waals surface area contributed by atoms with Gasteiger partial charge in [0.05, 0.1) is 11.7 Å². The van der Waals surface area contributed by atoms with Crippen LogP contribution in [0.15, 0.2) is 18.3 Å². The standard InChI is InChI=1S/C22H30ClN3O3/c1-22(2,3)29-21(27)25-9-7-15(8-10-25)17-13-19-16(12-18(17)23)14-24-26(19)20-6-4-5-11-28-20/h12-15,20H,4-11H2,1-3H3. The molecule has 29 heavy (non-hydrogen) atoms. The maximum absolute atomic E-state index is 12.3. The average Bonchev–Trinajstić information content (AvgIpc) is 3.09. The Hall–Kier alpha value is -1.79. The van der Waals surface area contributed by atoms with Gasteiger partial charge in [-0.2, -0.15) is 5.10 Å². The van der Waals surface area contributed by atoms with Gasteiger partial charge in [-0.25, -0.2) is 9.48 Å². The highest BCUT2D eigenvalue weighted by Crippen LogP contribution is 2.37. The molecule has 7 heteroatoms. The molecule has 0 radical (unpaired) electrons. The van der Waals surface area contributed by atoms with Crippen LogP contribution in [0.3, 0.4) is 0 Å². The lowest BCUT2D eigenvalue weighted by Crippen LogP contribution is -2.41. The first-order chi connectivity index (χ1) is 13.8. The van der Waals surface area contributed by atoms with Gasteiger partial charge in [-0.3, -0.25) is 0 Å². The van der Waals surface area contributed by atoms with Crippen LogP contribution in [0.1, 0.15) is 70.6 Å². The first-order valence-electron chi connectivity index (χ1n) is 10.6. The third-order valence-electron chi connectivity index (χ3n) is 5.73. The van der Waals surface area contributed by atoms with Crippen LogP contribution in [0.25, 0.3) is 10.9 Å². The molecule has 2 aliphatic heterocycles. The summed E-state index contributed by atoms with van der Waals surface area (Å²) in [5, 5.41) is 6.40. The Bertz CT molecular complexity index is 875. The lowest BCUT2D eigenvalue weighted by molar-refractivity contribution is -0.0366. The number of fused-ring (bicyclic) bond motifs is 1. The smallest absolute Gasteiger partial charge is 0.410 e. The van der Waals surface area contributed by atoms with Crippen molar-refractivity contribution in [3.8, 4) is 0 Å². The molecule has 1 atom stereocenters. The quantitative estimate of drug-likeness (QED) is 0.644. The Morgan fingerprint density at radius 2 is 1.97 bits per heavy atom. The van der Waals surface area contributed by atoms with E-state index < -0.39 is 5.60 Å². The van der Waals surface area contributed by atoms with Crippen molar-refractivity contribution >= 4 is 28.6 Å². The molecule has 6 nitrogen and oxygen atoms in total. The van der Waals surface area contributed by atoms with Gasteiger partial charge in [-0.05, 0) is 76.5 Å². The Morgan fingerprint density at radius 1 is 1.21 bits per heavy atom. The van der Waals surface area contributed by atoms with Crippen molar-refractivity contribution < 1.29 is 14.3 Å². The predicted molar refractivity (Wildman–Crippen MR) is 113 cm³/mol. The number of hydrogen-bond acceptors (Lipinski definition) is 4. The lowest BCUT2D eigenvalue weighted by Gasteiger charge is -2.34. The Balaban J connectivity index is 1.51. The van der Waals surface area contributed by atoms with Crippen LogP contribution in [-0.4, -0.2) is 46.1 Å². The van der Waals surface area contributed by atoms with Gasteiger partial charge in [-0.15, -0.1) is 0 Å². The van der Waals surface area contributed by atoms with Gasteiger partial charge in [0.15, 0.2) is 6.23 Å². The number of nitrogens with zero attached hydrogens (tertiary/aromatic N) is 3. The number of likely N-dealkylation sites (tertiary alicyclic amines) is 1. The van der Waals surface area contributed by atoms with Crippen molar-refractivity contribution in [2.75, 3.05) is 19.7 Å². The number of carbonyl (C=O) groups excluding carboxylic acids is 1. The number of amides is 1. The van der Waals surface area contributed by atoms with Crippen LogP contribution >= 0.6 is 11.6 Å². The van der Waals surface area contributed by atoms with Crippen LogP contribution in [0.2, 0.25) is 5.02 Å². The highest BCUT2D eigenvalue weighted by molar-refractivity contribution is 6.32. The van der Waals surface area contributed by atoms with Crippen molar-refractivity contribution in [3.05, 3.63) is 28.9 Å². The van der Waals surface area contributed by atoms with Crippen LogP contribution in [0.4, 0.5) is 4.79 Å². The number of rotatable bonds is 2. The molecular formula is C22H30ClN3O3. The maximum atomic E-state index is 12.3. The van der Waals surface area contributed by atoms with Crippen molar-refractivity contribution in [2.45, 2.75) is 70.6 Å². The minimum Gasteiger partial charge on any atom is -0.444 e. The predicted octanol–water partition coefficient (Wildman–Crippen LogP) is 5.50. The summed E-state index contributed by atoms with van der Waals surface area (Å²) < 4.78 is 13.4. The van der Waals surface area contributed by atoms with Crippen molar-refractivity contribution in [2.24, 2.45) is 0 Å². The molecule has 3 heterocycles. The molecule has 0 aliphatic carbocycles. The number of halogens is 1. The van der Waals surface area contributed by atoms with Gasteiger partial charge in [0, 0.05) is 30.1 Å². The van der Waals surface area contributed by atoms with E-state index in [0.29, 0.717) is 19.0 Å². The molecule has 1 aromatic carbocycles. The zero-order valence-corrected chi connectivity index (χ0v) is 18.2. The molecule has 1 amide bonds. The Morgan fingerprint density at radius 3 is 2.62 bits per heavy atom. The fourth-order valence-electron chi connectivity index (χ4n) is 4.24. The van der Waals surface area contributed by atoms with Crippen molar-refractivity contribution in [1.82, 2.24) is 14.7 Å². The number of aromatic nitrogens is 2. The minimum atomic E-state index is -0.470. The number of hydrogen-bond donors (Lipinski definition) is 0. The van der Waals surface area contributed by atoms with Gasteiger partial charge in [0.25, 0.3) is 0 Å². The average molecular weight is 420 g/mol. The molecule has 4 rings (SSSR count). The largest absolute Gasteiger partial charge is 0.444 e. The highest BCUT2D eigenvalue weighted by Gasteiger charge is 2.29. The van der Waals surface area contributed by atoms with E-state index in [9.17, 15) is 4.79 Å². The van der Waals surface area contributed by atoms with E-state index in [-0.39, 0.29) is 12.3 Å². The van der Waals surface area contributed by atoms with Crippen LogP contribution in [0.5, 0.6) is 0 Å². The van der Waals surface area contributed by atoms with Gasteiger partial charge >= 0.3 is 6.09 Å². The summed E-state index contributed by atoms with van der Waals surface area (Å²) in [7, 11) is 0. The summed E-state index contributed by atoms with van der Waals surface area (Å²) in [5.74, 6) is 0.321. The zero-order chi connectivity index (χ0) is 20.6. The molecule has 158 valence electrons. The first-order valence-corrected chi connectivity index (χ1v) is 11.0. The number of ether oxygens (including phenoxy) is 2. The summed E-state index contributed by atoms with van der Waals surface area (Å²) >= 11 is 6.64. The van der Waals surface area contributed by atoms with Gasteiger partial charge in [-0.1, -0.05) is 11.6 Å². The second-order valence-corrected chi connectivity index (χ2v) is 9.49. The van der Waals surface area contributed by atoms with Gasteiger partial charge in [0.2, 0.25) is 0 Å². The van der Waals surface area contributed by atoms with E-state index in [4.69, 9.17) is 21.1 Å². The van der Waals surface area contributed by atoms with E-state index in [2.05, 4.69) is 11.2 Å². The Labute approximate surface area is 177 Å². The van der Waals surface area contributed by atoms with Crippen LogP contribution < -0.4 is 0 Å². The van der Waals surface area contributed by atoms with Crippen molar-refractivity contribution in [3.63, 3.8) is 0 Å². The summed E-state index contributed by atoms with van der Waals surface area (Å²) in [6, 6.07) is 4.19. The Kier molecular flexibility index (Phi) is 5.76. The molecule has 0 saturated carbocycles. The summed E-state index contributed by atoms with van der Waals surface area (Å²) in [4.78, 5) is 14.1. The molecule has 2 aromatic rings. The second kappa shape index (κ2) is 8.15. The molecule has 2 fully saturated rings. The molecule has 0 N–H and O–H groups in total. The number of piperidine rings is 1.